The number of hydrogen-bond donors (Lipinski definition) is 1. The quantitative estimate of drug-likeness (QED) is 0.868. The molecule has 2 N–H and O–H groups in total. The maximum atomic E-state index is 6.10. The highest BCUT2D eigenvalue weighted by molar-refractivity contribution is 6.31. The smallest absolute Gasteiger partial charge is 0.148 e. The standard InChI is InChI=1S/C11H13ClN4/c1-7-14-8(2)16(15-7)10-4-3-9(6-13)11(12)5-10/h3-5H,6,13H2,1-2H3. The summed E-state index contributed by atoms with van der Waals surface area (Å²) in [6, 6.07) is 5.70. The number of hydrogen-bond acceptors (Lipinski definition) is 3. The highest BCUT2D eigenvalue weighted by Crippen LogP contribution is 2.20. The van der Waals surface area contributed by atoms with Crippen LogP contribution in [0.2, 0.25) is 5.02 Å². The van der Waals surface area contributed by atoms with E-state index in [1.165, 1.54) is 0 Å². The molecule has 0 atom stereocenters. The van der Waals surface area contributed by atoms with Crippen molar-refractivity contribution < 1.29 is 0 Å². The van der Waals surface area contributed by atoms with Crippen LogP contribution in [-0.2, 0) is 6.54 Å². The van der Waals surface area contributed by atoms with Gasteiger partial charge in [0.05, 0.1) is 5.69 Å². The van der Waals surface area contributed by atoms with Crippen molar-refractivity contribution in [2.45, 2.75) is 20.4 Å². The lowest BCUT2D eigenvalue weighted by Crippen LogP contribution is -2.02. The first kappa shape index (κ1) is 11.1. The summed E-state index contributed by atoms with van der Waals surface area (Å²) in [4.78, 5) is 4.24. The molecule has 0 saturated carbocycles. The number of nitrogens with two attached hydrogens (primary N) is 1. The van der Waals surface area contributed by atoms with Crippen molar-refractivity contribution in [2.24, 2.45) is 5.73 Å². The van der Waals surface area contributed by atoms with Gasteiger partial charge in [0.1, 0.15) is 11.6 Å². The fourth-order valence-corrected chi connectivity index (χ4v) is 1.85. The minimum Gasteiger partial charge on any atom is -0.326 e. The Hall–Kier alpha value is -1.39. The van der Waals surface area contributed by atoms with Crippen molar-refractivity contribution >= 4 is 11.6 Å². The predicted molar refractivity (Wildman–Crippen MR) is 63.7 cm³/mol. The lowest BCUT2D eigenvalue weighted by atomic mass is 10.2. The zero-order valence-electron chi connectivity index (χ0n) is 9.24. The summed E-state index contributed by atoms with van der Waals surface area (Å²) >= 11 is 6.10. The molecule has 2 aromatic rings. The number of benzene rings is 1. The summed E-state index contributed by atoms with van der Waals surface area (Å²) in [6.07, 6.45) is 0. The third-order valence-electron chi connectivity index (χ3n) is 2.38. The van der Waals surface area contributed by atoms with E-state index in [2.05, 4.69) is 10.1 Å². The Morgan fingerprint density at radius 3 is 2.62 bits per heavy atom. The molecule has 84 valence electrons. The van der Waals surface area contributed by atoms with Crippen LogP contribution in [0.25, 0.3) is 5.69 Å². The molecule has 2 rings (SSSR count). The number of rotatable bonds is 2. The van der Waals surface area contributed by atoms with Gasteiger partial charge in [0.15, 0.2) is 0 Å². The largest absolute Gasteiger partial charge is 0.326 e. The summed E-state index contributed by atoms with van der Waals surface area (Å²) < 4.78 is 1.77. The highest BCUT2D eigenvalue weighted by atomic mass is 35.5. The van der Waals surface area contributed by atoms with Gasteiger partial charge in [0.25, 0.3) is 0 Å². The Labute approximate surface area is 99.1 Å². The number of aryl methyl sites for hydroxylation is 2. The van der Waals surface area contributed by atoms with E-state index in [9.17, 15) is 0 Å². The van der Waals surface area contributed by atoms with Crippen molar-refractivity contribution in [3.05, 3.63) is 40.4 Å². The van der Waals surface area contributed by atoms with E-state index in [0.29, 0.717) is 11.6 Å². The van der Waals surface area contributed by atoms with Gasteiger partial charge in [-0.1, -0.05) is 17.7 Å². The molecule has 0 fully saturated rings. The molecule has 0 amide bonds. The molecule has 0 aliphatic carbocycles. The van der Waals surface area contributed by atoms with Crippen LogP contribution in [0.3, 0.4) is 0 Å². The Bertz CT molecular complexity index is 519. The second kappa shape index (κ2) is 4.23. The molecular formula is C11H13ClN4. The second-order valence-electron chi connectivity index (χ2n) is 3.60. The lowest BCUT2D eigenvalue weighted by molar-refractivity contribution is 0.830. The molecule has 16 heavy (non-hydrogen) atoms. The second-order valence-corrected chi connectivity index (χ2v) is 4.01. The average molecular weight is 237 g/mol. The van der Waals surface area contributed by atoms with Gasteiger partial charge in [-0.15, -0.1) is 0 Å². The van der Waals surface area contributed by atoms with Crippen molar-refractivity contribution in [2.75, 3.05) is 0 Å². The number of nitrogens with zero attached hydrogens (tertiary/aromatic N) is 3. The van der Waals surface area contributed by atoms with Crippen LogP contribution in [0.15, 0.2) is 18.2 Å². The maximum absolute atomic E-state index is 6.10. The third kappa shape index (κ3) is 1.94. The van der Waals surface area contributed by atoms with E-state index in [-0.39, 0.29) is 0 Å². The van der Waals surface area contributed by atoms with Crippen LogP contribution < -0.4 is 5.73 Å². The number of halogens is 1. The van der Waals surface area contributed by atoms with Crippen LogP contribution in [0, 0.1) is 13.8 Å². The first-order valence-corrected chi connectivity index (χ1v) is 5.38. The Kier molecular flexibility index (Phi) is 2.94. The molecule has 0 saturated heterocycles. The van der Waals surface area contributed by atoms with E-state index in [1.807, 2.05) is 32.0 Å². The first-order chi connectivity index (χ1) is 7.61. The minimum absolute atomic E-state index is 0.439. The zero-order chi connectivity index (χ0) is 11.7. The van der Waals surface area contributed by atoms with Crippen molar-refractivity contribution in [1.82, 2.24) is 14.8 Å². The molecular weight excluding hydrogens is 224 g/mol. The van der Waals surface area contributed by atoms with Gasteiger partial charge in [-0.3, -0.25) is 0 Å². The monoisotopic (exact) mass is 236 g/mol. The molecule has 1 heterocycles. The molecule has 0 bridgehead atoms. The molecule has 1 aromatic heterocycles. The summed E-state index contributed by atoms with van der Waals surface area (Å²) in [7, 11) is 0. The summed E-state index contributed by atoms with van der Waals surface area (Å²) in [5.41, 5.74) is 7.39. The van der Waals surface area contributed by atoms with E-state index < -0.39 is 0 Å². The zero-order valence-corrected chi connectivity index (χ0v) is 9.99. The molecule has 1 aromatic carbocycles. The normalized spacial score (nSPS) is 10.8. The topological polar surface area (TPSA) is 56.7 Å². The molecule has 0 radical (unpaired) electrons. The SMILES string of the molecule is Cc1nc(C)n(-c2ccc(CN)c(Cl)c2)n1. The Morgan fingerprint density at radius 2 is 2.12 bits per heavy atom. The molecule has 0 spiro atoms. The highest BCUT2D eigenvalue weighted by Gasteiger charge is 2.07. The van der Waals surface area contributed by atoms with Crippen LogP contribution >= 0.6 is 11.6 Å². The van der Waals surface area contributed by atoms with Gasteiger partial charge in [0, 0.05) is 11.6 Å². The Morgan fingerprint density at radius 1 is 1.38 bits per heavy atom. The van der Waals surface area contributed by atoms with E-state index in [0.717, 1.165) is 22.9 Å². The van der Waals surface area contributed by atoms with Gasteiger partial charge in [0.2, 0.25) is 0 Å². The molecule has 4 nitrogen and oxygen atoms in total. The van der Waals surface area contributed by atoms with Crippen molar-refractivity contribution in [3.63, 3.8) is 0 Å². The fraction of sp³-hybridized carbons (Fsp3) is 0.273. The van der Waals surface area contributed by atoms with Crippen LogP contribution in [0.4, 0.5) is 0 Å². The minimum atomic E-state index is 0.439. The van der Waals surface area contributed by atoms with E-state index in [4.69, 9.17) is 17.3 Å². The summed E-state index contributed by atoms with van der Waals surface area (Å²) in [5.74, 6) is 1.59. The van der Waals surface area contributed by atoms with Gasteiger partial charge in [-0.2, -0.15) is 5.10 Å². The molecule has 0 aliphatic rings. The fourth-order valence-electron chi connectivity index (χ4n) is 1.60. The van der Waals surface area contributed by atoms with Crippen LogP contribution in [-0.4, -0.2) is 14.8 Å². The van der Waals surface area contributed by atoms with Crippen LogP contribution in [0.1, 0.15) is 17.2 Å². The molecule has 0 aliphatic heterocycles. The first-order valence-electron chi connectivity index (χ1n) is 5.01. The van der Waals surface area contributed by atoms with Crippen molar-refractivity contribution in [3.8, 4) is 5.69 Å². The van der Waals surface area contributed by atoms with Gasteiger partial charge >= 0.3 is 0 Å². The lowest BCUT2D eigenvalue weighted by Gasteiger charge is -2.06. The van der Waals surface area contributed by atoms with E-state index in [1.54, 1.807) is 4.68 Å². The summed E-state index contributed by atoms with van der Waals surface area (Å²) in [5, 5.41) is 4.95. The van der Waals surface area contributed by atoms with Gasteiger partial charge < -0.3 is 5.73 Å². The van der Waals surface area contributed by atoms with Crippen molar-refractivity contribution in [1.29, 1.82) is 0 Å². The molecule has 0 unspecified atom stereocenters. The average Bonchev–Trinajstić information content (AvgIpc) is 2.58. The Balaban J connectivity index is 2.49. The summed E-state index contributed by atoms with van der Waals surface area (Å²) in [6.45, 7) is 4.21. The molecule has 5 heteroatoms. The van der Waals surface area contributed by atoms with Crippen LogP contribution in [0.5, 0.6) is 0 Å². The van der Waals surface area contributed by atoms with Gasteiger partial charge in [-0.05, 0) is 31.5 Å². The predicted octanol–water partition coefficient (Wildman–Crippen LogP) is 2.00. The maximum Gasteiger partial charge on any atom is 0.148 e. The third-order valence-corrected chi connectivity index (χ3v) is 2.73. The van der Waals surface area contributed by atoms with E-state index >= 15 is 0 Å². The van der Waals surface area contributed by atoms with Gasteiger partial charge in [-0.25, -0.2) is 9.67 Å². The number of aromatic nitrogens is 3.